The van der Waals surface area contributed by atoms with Gasteiger partial charge in [-0.1, -0.05) is 30.7 Å². The number of hydrogen-bond donors (Lipinski definition) is 2. The minimum Gasteiger partial charge on any atom is -0.493 e. The van der Waals surface area contributed by atoms with Crippen molar-refractivity contribution in [2.24, 2.45) is 5.92 Å². The number of benzene rings is 2. The van der Waals surface area contributed by atoms with Gasteiger partial charge >= 0.3 is 17.3 Å². The molecule has 2 heterocycles. The second-order valence-electron chi connectivity index (χ2n) is 7.61. The maximum Gasteiger partial charge on any atom is 0.354 e. The molecule has 0 spiro atoms. The van der Waals surface area contributed by atoms with Crippen LogP contribution in [0.5, 0.6) is 5.75 Å². The Morgan fingerprint density at radius 2 is 1.97 bits per heavy atom. The summed E-state index contributed by atoms with van der Waals surface area (Å²) in [5.74, 6) is -1.17. The molecule has 2 N–H and O–H groups in total. The fraction of sp³-hybridized carbons (Fsp3) is 0.273. The number of aliphatic carboxylic acids is 1. The van der Waals surface area contributed by atoms with E-state index in [0.717, 1.165) is 27.9 Å². The van der Waals surface area contributed by atoms with Crippen molar-refractivity contribution in [1.29, 1.82) is 0 Å². The van der Waals surface area contributed by atoms with E-state index in [0.29, 0.717) is 17.3 Å². The second kappa shape index (κ2) is 8.88. The molecule has 166 valence electrons. The molecule has 0 bridgehead atoms. The fourth-order valence-corrected chi connectivity index (χ4v) is 3.57. The number of anilines is 2. The van der Waals surface area contributed by atoms with E-state index in [4.69, 9.17) is 16.3 Å². The van der Waals surface area contributed by atoms with E-state index in [9.17, 15) is 19.5 Å². The minimum absolute atomic E-state index is 0.0630. The van der Waals surface area contributed by atoms with E-state index < -0.39 is 23.3 Å². The first-order valence-corrected chi connectivity index (χ1v) is 10.4. The molecular weight excluding hydrogens is 436 g/mol. The second-order valence-corrected chi connectivity index (χ2v) is 8.05. The molecular formula is C22H21ClN4O5. The molecule has 0 fully saturated rings. The minimum atomic E-state index is -1.11. The Morgan fingerprint density at radius 1 is 1.22 bits per heavy atom. The Kier molecular flexibility index (Phi) is 6.00. The number of fused-ring (bicyclic) bond motifs is 1. The van der Waals surface area contributed by atoms with Gasteiger partial charge in [0, 0.05) is 23.7 Å². The van der Waals surface area contributed by atoms with Gasteiger partial charge in [0.05, 0.1) is 19.1 Å². The fourth-order valence-electron chi connectivity index (χ4n) is 3.44. The van der Waals surface area contributed by atoms with Crippen LogP contribution in [-0.2, 0) is 24.3 Å². The van der Waals surface area contributed by atoms with Gasteiger partial charge in [0.1, 0.15) is 5.75 Å². The summed E-state index contributed by atoms with van der Waals surface area (Å²) in [5.41, 5.74) is 0.968. The van der Waals surface area contributed by atoms with Gasteiger partial charge in [-0.15, -0.1) is 0 Å². The number of aromatic nitrogens is 3. The molecule has 1 aromatic heterocycles. The summed E-state index contributed by atoms with van der Waals surface area (Å²) in [6, 6.07) is 12.4. The van der Waals surface area contributed by atoms with Gasteiger partial charge in [0.2, 0.25) is 5.95 Å². The summed E-state index contributed by atoms with van der Waals surface area (Å²) in [4.78, 5) is 41.2. The van der Waals surface area contributed by atoms with Gasteiger partial charge in [-0.2, -0.15) is 4.98 Å². The molecule has 2 aromatic carbocycles. The predicted octanol–water partition coefficient (Wildman–Crippen LogP) is 2.51. The Labute approximate surface area is 187 Å². The normalized spacial score (nSPS) is 13.3. The number of carbonyl (C=O) groups is 1. The van der Waals surface area contributed by atoms with Crippen molar-refractivity contribution in [1.82, 2.24) is 14.1 Å². The standard InChI is InChI=1S/C22H21ClN4O5/c1-13(19(28)29)11-27-21(30)25-20(24-17-6-7-18-15(10-17)8-9-32-18)26(22(27)31)12-14-2-4-16(23)5-3-14/h2-7,10,13H,8-9,11-12H2,1H3,(H,28,29)(H,24,25,30)/t13-/m0/s1. The first kappa shape index (κ1) is 21.6. The predicted molar refractivity (Wildman–Crippen MR) is 119 cm³/mol. The molecule has 9 nitrogen and oxygen atoms in total. The average molecular weight is 457 g/mol. The Morgan fingerprint density at radius 3 is 2.69 bits per heavy atom. The molecule has 1 atom stereocenters. The molecule has 0 aliphatic carbocycles. The van der Waals surface area contributed by atoms with Crippen molar-refractivity contribution < 1.29 is 14.6 Å². The number of carboxylic acid groups (broad SMARTS) is 1. The third-order valence-corrected chi connectivity index (χ3v) is 5.48. The molecule has 0 saturated carbocycles. The summed E-state index contributed by atoms with van der Waals surface area (Å²) in [7, 11) is 0. The Hall–Kier alpha value is -3.59. The third-order valence-electron chi connectivity index (χ3n) is 5.23. The van der Waals surface area contributed by atoms with Crippen molar-refractivity contribution in [2.75, 3.05) is 11.9 Å². The summed E-state index contributed by atoms with van der Waals surface area (Å²) in [6.07, 6.45) is 0.768. The summed E-state index contributed by atoms with van der Waals surface area (Å²) in [5, 5.41) is 12.8. The molecule has 0 amide bonds. The van der Waals surface area contributed by atoms with Crippen LogP contribution in [0.2, 0.25) is 5.02 Å². The van der Waals surface area contributed by atoms with E-state index >= 15 is 0 Å². The van der Waals surface area contributed by atoms with Crippen molar-refractivity contribution in [3.05, 3.63) is 79.6 Å². The Balaban J connectivity index is 1.76. The largest absolute Gasteiger partial charge is 0.493 e. The smallest absolute Gasteiger partial charge is 0.354 e. The Bertz CT molecular complexity index is 1280. The van der Waals surface area contributed by atoms with Gasteiger partial charge in [-0.05, 0) is 41.5 Å². The van der Waals surface area contributed by atoms with Crippen LogP contribution in [0.4, 0.5) is 11.6 Å². The van der Waals surface area contributed by atoms with Gasteiger partial charge in [0.15, 0.2) is 0 Å². The lowest BCUT2D eigenvalue weighted by molar-refractivity contribution is -0.141. The molecule has 32 heavy (non-hydrogen) atoms. The lowest BCUT2D eigenvalue weighted by Gasteiger charge is -2.17. The van der Waals surface area contributed by atoms with Crippen LogP contribution in [0, 0.1) is 5.92 Å². The molecule has 3 aromatic rings. The van der Waals surface area contributed by atoms with Crippen molar-refractivity contribution in [3.63, 3.8) is 0 Å². The first-order valence-electron chi connectivity index (χ1n) is 10.0. The average Bonchev–Trinajstić information content (AvgIpc) is 3.23. The maximum absolute atomic E-state index is 13.2. The summed E-state index contributed by atoms with van der Waals surface area (Å²) < 4.78 is 7.67. The van der Waals surface area contributed by atoms with E-state index in [1.165, 1.54) is 11.5 Å². The zero-order valence-electron chi connectivity index (χ0n) is 17.2. The zero-order chi connectivity index (χ0) is 22.8. The molecule has 1 aliphatic rings. The summed E-state index contributed by atoms with van der Waals surface area (Å²) in [6.45, 7) is 1.87. The topological polar surface area (TPSA) is 115 Å². The zero-order valence-corrected chi connectivity index (χ0v) is 18.0. The van der Waals surface area contributed by atoms with Crippen molar-refractivity contribution >= 4 is 29.2 Å². The SMILES string of the molecule is C[C@@H](Cn1c(=O)nc(Nc2ccc3c(c2)CCO3)n(Cc2ccc(Cl)cc2)c1=O)C(=O)O. The molecule has 1 aliphatic heterocycles. The molecule has 10 heteroatoms. The lowest BCUT2D eigenvalue weighted by Crippen LogP contribution is -2.44. The molecule has 0 unspecified atom stereocenters. The molecule has 4 rings (SSSR count). The highest BCUT2D eigenvalue weighted by atomic mass is 35.5. The third kappa shape index (κ3) is 4.52. The van der Waals surface area contributed by atoms with E-state index in [-0.39, 0.29) is 19.0 Å². The van der Waals surface area contributed by atoms with Crippen LogP contribution in [0.15, 0.2) is 52.1 Å². The lowest BCUT2D eigenvalue weighted by atomic mass is 10.1. The van der Waals surface area contributed by atoms with Crippen LogP contribution in [0.3, 0.4) is 0 Å². The van der Waals surface area contributed by atoms with Crippen LogP contribution < -0.4 is 21.4 Å². The van der Waals surface area contributed by atoms with E-state index in [1.54, 1.807) is 30.3 Å². The highest BCUT2D eigenvalue weighted by molar-refractivity contribution is 6.30. The molecule has 0 saturated heterocycles. The maximum atomic E-state index is 13.2. The number of carboxylic acids is 1. The highest BCUT2D eigenvalue weighted by Gasteiger charge is 2.20. The van der Waals surface area contributed by atoms with Gasteiger partial charge in [-0.3, -0.25) is 9.36 Å². The first-order chi connectivity index (χ1) is 15.3. The number of halogens is 1. The van der Waals surface area contributed by atoms with E-state index in [1.807, 2.05) is 12.1 Å². The number of nitrogens with zero attached hydrogens (tertiary/aromatic N) is 3. The number of nitrogens with one attached hydrogen (secondary N) is 1. The van der Waals surface area contributed by atoms with Crippen LogP contribution in [-0.4, -0.2) is 31.8 Å². The van der Waals surface area contributed by atoms with Gasteiger partial charge in [-0.25, -0.2) is 14.2 Å². The monoisotopic (exact) mass is 456 g/mol. The molecule has 0 radical (unpaired) electrons. The number of rotatable bonds is 7. The van der Waals surface area contributed by atoms with Crippen molar-refractivity contribution in [2.45, 2.75) is 26.4 Å². The highest BCUT2D eigenvalue weighted by Crippen LogP contribution is 2.28. The van der Waals surface area contributed by atoms with Crippen LogP contribution in [0.25, 0.3) is 0 Å². The number of hydrogen-bond acceptors (Lipinski definition) is 6. The van der Waals surface area contributed by atoms with E-state index in [2.05, 4.69) is 10.3 Å². The van der Waals surface area contributed by atoms with Crippen LogP contribution >= 0.6 is 11.6 Å². The van der Waals surface area contributed by atoms with Gasteiger partial charge in [0.25, 0.3) is 0 Å². The summed E-state index contributed by atoms with van der Waals surface area (Å²) >= 11 is 5.96. The van der Waals surface area contributed by atoms with Crippen molar-refractivity contribution in [3.8, 4) is 5.75 Å². The van der Waals surface area contributed by atoms with Gasteiger partial charge < -0.3 is 15.2 Å². The quantitative estimate of drug-likeness (QED) is 0.561. The van der Waals surface area contributed by atoms with Crippen LogP contribution in [0.1, 0.15) is 18.1 Å². The number of ether oxygens (including phenoxy) is 1.